The van der Waals surface area contributed by atoms with Crippen LogP contribution in [0.5, 0.6) is 0 Å². The molecule has 22 heteroatoms. The van der Waals surface area contributed by atoms with Gasteiger partial charge in [0.05, 0.1) is 12.8 Å². The smallest absolute Gasteiger partial charge is 0.326 e. The van der Waals surface area contributed by atoms with Crippen molar-refractivity contribution in [2.45, 2.75) is 148 Å². The van der Waals surface area contributed by atoms with Gasteiger partial charge in [-0.15, -0.1) is 0 Å². The zero-order valence-corrected chi connectivity index (χ0v) is 40.9. The summed E-state index contributed by atoms with van der Waals surface area (Å²) in [6, 6.07) is 5.44. The number of nitrogens with one attached hydrogen (secondary N) is 6. The Kier molecular flexibility index (Phi) is 21.7. The summed E-state index contributed by atoms with van der Waals surface area (Å²) in [6.45, 7) is 11.4. The summed E-state index contributed by atoms with van der Waals surface area (Å²) in [5.74, 6) is -8.90. The molecule has 1 heterocycles. The molecule has 1 saturated heterocycles. The molecule has 0 aromatic heterocycles. The number of carboxylic acid groups (broad SMARTS) is 2. The molecule has 1 fully saturated rings. The van der Waals surface area contributed by atoms with Crippen LogP contribution in [0.2, 0.25) is 0 Å². The molecule has 0 bridgehead atoms. The highest BCUT2D eigenvalue weighted by molar-refractivity contribution is 5.99. The average Bonchev–Trinajstić information content (AvgIpc) is 3.78. The van der Waals surface area contributed by atoms with Crippen LogP contribution in [0.4, 0.5) is 10.5 Å². The van der Waals surface area contributed by atoms with Gasteiger partial charge in [0.1, 0.15) is 42.3 Å². The van der Waals surface area contributed by atoms with Gasteiger partial charge >= 0.3 is 18.0 Å². The van der Waals surface area contributed by atoms with E-state index in [1.54, 1.807) is 89.2 Å². The van der Waals surface area contributed by atoms with Crippen molar-refractivity contribution in [1.82, 2.24) is 36.8 Å². The highest BCUT2D eigenvalue weighted by Gasteiger charge is 2.42. The second kappa shape index (κ2) is 26.6. The maximum atomic E-state index is 14.3. The average molecular weight is 979 g/mol. The van der Waals surface area contributed by atoms with Crippen LogP contribution in [0.1, 0.15) is 97.6 Å². The minimum Gasteiger partial charge on any atom is -0.481 e. The van der Waals surface area contributed by atoms with Gasteiger partial charge < -0.3 is 58.5 Å². The fraction of sp³-hybridized carbons (Fsp3) is 0.542. The number of aryl methyl sites for hydroxylation is 1. The van der Waals surface area contributed by atoms with E-state index in [1.165, 1.54) is 23.6 Å². The fourth-order valence-electron chi connectivity index (χ4n) is 8.12. The second-order valence-electron chi connectivity index (χ2n) is 18.5. The fourth-order valence-corrected chi connectivity index (χ4v) is 8.12. The summed E-state index contributed by atoms with van der Waals surface area (Å²) in [5, 5.41) is 34.5. The van der Waals surface area contributed by atoms with Gasteiger partial charge in [0, 0.05) is 17.8 Å². The van der Waals surface area contributed by atoms with Crippen molar-refractivity contribution >= 4 is 65.0 Å². The van der Waals surface area contributed by atoms with Crippen LogP contribution in [0.3, 0.4) is 0 Å². The van der Waals surface area contributed by atoms with Gasteiger partial charge in [0.25, 0.3) is 0 Å². The molecule has 2 aromatic rings. The Morgan fingerprint density at radius 1 is 0.743 bits per heavy atom. The number of carbonyl (C=O) groups is 10. The number of hydrogen-bond acceptors (Lipinski definition) is 11. The molecule has 22 nitrogen and oxygen atoms in total. The number of nitrogens with zero attached hydrogens (tertiary/aromatic N) is 2. The van der Waals surface area contributed by atoms with Gasteiger partial charge in [0.2, 0.25) is 41.4 Å². The molecule has 0 spiro atoms. The Hall–Kier alpha value is -7.10. The van der Waals surface area contributed by atoms with Crippen molar-refractivity contribution in [3.63, 3.8) is 0 Å². The molecule has 1 aliphatic heterocycles. The number of primary amides is 1. The number of para-hydroxylation sites is 1. The van der Waals surface area contributed by atoms with E-state index in [0.717, 1.165) is 0 Å². The number of amides is 9. The monoisotopic (exact) mass is 979 g/mol. The standard InChI is InChI=1S/C48H70N10O12/c1-27(2)39(45(67)57-23-15-21-36(57)44(66)52-29(4)40(62)51-30(5)41(63)54-32(46(68)69)19-13-14-22-49)56-42(64)33(25-38(60)61)55-43(65)34(53-37(59)24-31-17-9-8-10-18-31)26-48(6,7)58(47(50)70)35-20-12-11-16-28(35)3/h8-12,16-18,20,27,29-30,32-34,36,39H,13-15,19,21-26,49H2,1-7H3,(H2,50,70)(H,51,62)(H,52,66)(H,53,59)(H,54,63)(H,55,65)(H,56,64)(H,60,61)(H,68,69)/t29-,30-,32-,33-,34-,36-,39-/m0/s1. The van der Waals surface area contributed by atoms with Gasteiger partial charge in [-0.25, -0.2) is 9.59 Å². The van der Waals surface area contributed by atoms with E-state index in [9.17, 15) is 58.2 Å². The number of urea groups is 1. The number of nitrogens with two attached hydrogens (primary N) is 2. The van der Waals surface area contributed by atoms with Crippen molar-refractivity contribution in [2.24, 2.45) is 17.4 Å². The molecule has 0 aliphatic carbocycles. The number of carboxylic acids is 2. The molecule has 3 rings (SSSR count). The third-order valence-electron chi connectivity index (χ3n) is 11.9. The Bertz CT molecular complexity index is 2210. The van der Waals surface area contributed by atoms with Gasteiger partial charge in [-0.3, -0.25) is 43.3 Å². The quantitative estimate of drug-likeness (QED) is 0.0578. The van der Waals surface area contributed by atoms with E-state index < -0.39 is 119 Å². The number of likely N-dealkylation sites (tertiary alicyclic amines) is 1. The van der Waals surface area contributed by atoms with Crippen molar-refractivity contribution in [3.8, 4) is 0 Å². The van der Waals surface area contributed by atoms with Gasteiger partial charge in [-0.2, -0.15) is 0 Å². The molecule has 12 N–H and O–H groups in total. The normalized spacial score (nSPS) is 16.0. The summed E-state index contributed by atoms with van der Waals surface area (Å²) in [6.07, 6.45) is 0.363. The zero-order chi connectivity index (χ0) is 52.5. The lowest BCUT2D eigenvalue weighted by Crippen LogP contribution is -2.61. The third kappa shape index (κ3) is 16.8. The molecule has 2 aromatic carbocycles. The van der Waals surface area contributed by atoms with E-state index in [-0.39, 0.29) is 32.2 Å². The number of rotatable bonds is 26. The molecule has 7 atom stereocenters. The Labute approximate surface area is 407 Å². The van der Waals surface area contributed by atoms with Crippen LogP contribution >= 0.6 is 0 Å². The first kappa shape index (κ1) is 57.2. The molecule has 0 radical (unpaired) electrons. The Balaban J connectivity index is 1.80. The Morgan fingerprint density at radius 2 is 1.33 bits per heavy atom. The largest absolute Gasteiger partial charge is 0.481 e. The van der Waals surface area contributed by atoms with Crippen LogP contribution in [-0.4, -0.2) is 135 Å². The second-order valence-corrected chi connectivity index (χ2v) is 18.5. The van der Waals surface area contributed by atoms with E-state index in [0.29, 0.717) is 42.6 Å². The van der Waals surface area contributed by atoms with Crippen LogP contribution in [0.25, 0.3) is 0 Å². The van der Waals surface area contributed by atoms with Gasteiger partial charge in [-0.05, 0) is 103 Å². The summed E-state index contributed by atoms with van der Waals surface area (Å²) < 4.78 is 0. The van der Waals surface area contributed by atoms with Gasteiger partial charge in [0.15, 0.2) is 0 Å². The van der Waals surface area contributed by atoms with Crippen molar-refractivity contribution in [1.29, 1.82) is 0 Å². The highest BCUT2D eigenvalue weighted by atomic mass is 16.4. The first-order valence-electron chi connectivity index (χ1n) is 23.3. The predicted octanol–water partition coefficient (Wildman–Crippen LogP) is 0.575. The highest BCUT2D eigenvalue weighted by Crippen LogP contribution is 2.30. The van der Waals surface area contributed by atoms with E-state index in [1.807, 2.05) is 0 Å². The van der Waals surface area contributed by atoms with E-state index in [2.05, 4.69) is 31.9 Å². The number of anilines is 1. The number of carbonyl (C=O) groups excluding carboxylic acids is 8. The lowest BCUT2D eigenvalue weighted by molar-refractivity contribution is -0.144. The topological polar surface area (TPSA) is 342 Å². The lowest BCUT2D eigenvalue weighted by atomic mass is 9.91. The van der Waals surface area contributed by atoms with E-state index in [4.69, 9.17) is 11.5 Å². The van der Waals surface area contributed by atoms with Crippen LogP contribution in [0.15, 0.2) is 54.6 Å². The molecule has 70 heavy (non-hydrogen) atoms. The Morgan fingerprint density at radius 3 is 1.91 bits per heavy atom. The minimum absolute atomic E-state index is 0.0874. The molecule has 0 unspecified atom stereocenters. The van der Waals surface area contributed by atoms with Crippen molar-refractivity contribution in [3.05, 3.63) is 65.7 Å². The number of hydrogen-bond donors (Lipinski definition) is 10. The first-order chi connectivity index (χ1) is 32.9. The summed E-state index contributed by atoms with van der Waals surface area (Å²) >= 11 is 0. The lowest BCUT2D eigenvalue weighted by Gasteiger charge is -2.40. The molecule has 1 aliphatic rings. The summed E-state index contributed by atoms with van der Waals surface area (Å²) in [5.41, 5.74) is 11.8. The first-order valence-corrected chi connectivity index (χ1v) is 23.3. The summed E-state index contributed by atoms with van der Waals surface area (Å²) in [7, 11) is 0. The van der Waals surface area contributed by atoms with Gasteiger partial charge in [-0.1, -0.05) is 62.4 Å². The van der Waals surface area contributed by atoms with Crippen LogP contribution in [0, 0.1) is 12.8 Å². The van der Waals surface area contributed by atoms with Crippen molar-refractivity contribution in [2.75, 3.05) is 18.0 Å². The molecule has 0 saturated carbocycles. The summed E-state index contributed by atoms with van der Waals surface area (Å²) in [4.78, 5) is 135. The SMILES string of the molecule is Cc1ccccc1N(C(N)=O)C(C)(C)C[C@H](NC(=O)Cc1ccccc1)C(=O)N[C@@H](CC(=O)O)C(=O)N[C@H](C(=O)N1CCC[C@H]1C(=O)N[C@@H](C)C(=O)N[C@@H](C)C(=O)N[C@@H](CCCCN)C(=O)O)C(C)C. The molecule has 384 valence electrons. The zero-order valence-electron chi connectivity index (χ0n) is 40.9. The van der Waals surface area contributed by atoms with Crippen LogP contribution in [-0.2, 0) is 49.6 Å². The minimum atomic E-state index is -1.79. The van der Waals surface area contributed by atoms with Crippen molar-refractivity contribution < 1.29 is 58.2 Å². The van der Waals surface area contributed by atoms with E-state index >= 15 is 0 Å². The maximum absolute atomic E-state index is 14.3. The molecule has 9 amide bonds. The number of benzene rings is 2. The predicted molar refractivity (Wildman–Crippen MR) is 257 cm³/mol. The van der Waals surface area contributed by atoms with Crippen LogP contribution < -0.4 is 48.3 Å². The maximum Gasteiger partial charge on any atom is 0.326 e. The third-order valence-corrected chi connectivity index (χ3v) is 11.9. The molecular weight excluding hydrogens is 909 g/mol. The number of unbranched alkanes of at least 4 members (excludes halogenated alkanes) is 1. The number of aliphatic carboxylic acids is 2. The molecular formula is C48H70N10O12.